The van der Waals surface area contributed by atoms with Gasteiger partial charge in [-0.1, -0.05) is 35.0 Å². The van der Waals surface area contributed by atoms with Crippen molar-refractivity contribution in [3.63, 3.8) is 0 Å². The summed E-state index contributed by atoms with van der Waals surface area (Å²) in [7, 11) is 0. The first-order valence-electron chi connectivity index (χ1n) is 7.41. The van der Waals surface area contributed by atoms with Gasteiger partial charge in [-0.2, -0.15) is 0 Å². The van der Waals surface area contributed by atoms with Gasteiger partial charge in [-0.25, -0.2) is 0 Å². The van der Waals surface area contributed by atoms with Crippen molar-refractivity contribution in [1.29, 1.82) is 0 Å². The first-order chi connectivity index (χ1) is 10.1. The molecule has 0 saturated carbocycles. The molecule has 2 aromatic rings. The molecule has 0 saturated heterocycles. The van der Waals surface area contributed by atoms with E-state index in [4.69, 9.17) is 4.52 Å². The zero-order chi connectivity index (χ0) is 14.8. The average molecular weight is 284 g/mol. The lowest BCUT2D eigenvalue weighted by Gasteiger charge is -2.25. The summed E-state index contributed by atoms with van der Waals surface area (Å²) in [6.07, 6.45) is 2.18. The van der Waals surface area contributed by atoms with Crippen molar-refractivity contribution >= 4 is 5.91 Å². The molecular weight excluding hydrogens is 264 g/mol. The van der Waals surface area contributed by atoms with Crippen LogP contribution in [0.3, 0.4) is 0 Å². The van der Waals surface area contributed by atoms with Crippen LogP contribution in [0.4, 0.5) is 0 Å². The molecule has 1 aromatic carbocycles. The van der Waals surface area contributed by atoms with Crippen molar-refractivity contribution < 1.29 is 9.32 Å². The largest absolute Gasteiger partial charge is 0.359 e. The molecule has 1 amide bonds. The number of carbonyl (C=O) groups excluding carboxylic acids is 1. The van der Waals surface area contributed by atoms with Gasteiger partial charge >= 0.3 is 0 Å². The van der Waals surface area contributed by atoms with E-state index in [-0.39, 0.29) is 5.91 Å². The Morgan fingerprint density at radius 3 is 2.81 bits per heavy atom. The lowest BCUT2D eigenvalue weighted by molar-refractivity contribution is -0.132. The molecule has 21 heavy (non-hydrogen) atoms. The van der Waals surface area contributed by atoms with Crippen molar-refractivity contribution in [3.05, 3.63) is 52.4 Å². The first kappa shape index (κ1) is 13.9. The highest BCUT2D eigenvalue weighted by Crippen LogP contribution is 2.22. The Morgan fingerprint density at radius 2 is 2.05 bits per heavy atom. The highest BCUT2D eigenvalue weighted by atomic mass is 16.5. The van der Waals surface area contributed by atoms with Crippen LogP contribution >= 0.6 is 0 Å². The quantitative estimate of drug-likeness (QED) is 0.870. The van der Waals surface area contributed by atoms with E-state index in [2.05, 4.69) is 36.3 Å². The van der Waals surface area contributed by atoms with Crippen LogP contribution in [-0.2, 0) is 24.2 Å². The Kier molecular flexibility index (Phi) is 3.78. The van der Waals surface area contributed by atoms with Crippen LogP contribution in [0.1, 0.15) is 34.6 Å². The molecule has 4 nitrogen and oxygen atoms in total. The van der Waals surface area contributed by atoms with E-state index in [0.717, 1.165) is 30.8 Å². The molecule has 0 fully saturated rings. The summed E-state index contributed by atoms with van der Waals surface area (Å²) in [6, 6.07) is 8.36. The Morgan fingerprint density at radius 1 is 1.29 bits per heavy atom. The minimum Gasteiger partial charge on any atom is -0.359 e. The van der Waals surface area contributed by atoms with Gasteiger partial charge in [-0.3, -0.25) is 4.79 Å². The molecule has 1 aliphatic heterocycles. The van der Waals surface area contributed by atoms with Crippen LogP contribution in [0.5, 0.6) is 0 Å². The maximum atomic E-state index is 12.3. The number of rotatable bonds is 3. The SMILES string of the molecule is Cc1ccc(CCC(=O)N2CCc3c(C)noc3C2)cc1. The van der Waals surface area contributed by atoms with Gasteiger partial charge < -0.3 is 9.42 Å². The van der Waals surface area contributed by atoms with Crippen LogP contribution in [-0.4, -0.2) is 22.5 Å². The van der Waals surface area contributed by atoms with Crippen LogP contribution in [0.2, 0.25) is 0 Å². The monoisotopic (exact) mass is 284 g/mol. The second-order valence-corrected chi connectivity index (χ2v) is 5.72. The summed E-state index contributed by atoms with van der Waals surface area (Å²) in [5.74, 6) is 1.04. The molecule has 2 heterocycles. The molecule has 0 N–H and O–H groups in total. The molecule has 0 spiro atoms. The molecular formula is C17H20N2O2. The maximum absolute atomic E-state index is 12.3. The molecule has 1 aromatic heterocycles. The zero-order valence-corrected chi connectivity index (χ0v) is 12.6. The van der Waals surface area contributed by atoms with Crippen LogP contribution < -0.4 is 0 Å². The van der Waals surface area contributed by atoms with Gasteiger partial charge in [-0.15, -0.1) is 0 Å². The fourth-order valence-electron chi connectivity index (χ4n) is 2.76. The predicted molar refractivity (Wildman–Crippen MR) is 79.9 cm³/mol. The topological polar surface area (TPSA) is 46.3 Å². The van der Waals surface area contributed by atoms with Gasteiger partial charge in [0.25, 0.3) is 0 Å². The number of aromatic nitrogens is 1. The fraction of sp³-hybridized carbons (Fsp3) is 0.412. The summed E-state index contributed by atoms with van der Waals surface area (Å²) in [5, 5.41) is 3.98. The van der Waals surface area contributed by atoms with E-state index < -0.39 is 0 Å². The van der Waals surface area contributed by atoms with Gasteiger partial charge in [0.15, 0.2) is 5.76 Å². The third-order valence-electron chi connectivity index (χ3n) is 4.13. The normalized spacial score (nSPS) is 14.1. The lowest BCUT2D eigenvalue weighted by Crippen LogP contribution is -2.35. The maximum Gasteiger partial charge on any atom is 0.223 e. The van der Waals surface area contributed by atoms with E-state index >= 15 is 0 Å². The number of carbonyl (C=O) groups is 1. The zero-order valence-electron chi connectivity index (χ0n) is 12.6. The van der Waals surface area contributed by atoms with Crippen molar-refractivity contribution in [2.24, 2.45) is 0 Å². The predicted octanol–water partition coefficient (Wildman–Crippen LogP) is 2.81. The molecule has 110 valence electrons. The summed E-state index contributed by atoms with van der Waals surface area (Å²) in [5.41, 5.74) is 4.59. The number of amides is 1. The molecule has 0 bridgehead atoms. The number of aryl methyl sites for hydroxylation is 3. The first-order valence-corrected chi connectivity index (χ1v) is 7.41. The third kappa shape index (κ3) is 2.99. The molecule has 0 unspecified atom stereocenters. The molecule has 0 aliphatic carbocycles. The van der Waals surface area contributed by atoms with Gasteiger partial charge in [-0.05, 0) is 32.3 Å². The number of fused-ring (bicyclic) bond motifs is 1. The second-order valence-electron chi connectivity index (χ2n) is 5.72. The molecule has 3 rings (SSSR count). The molecule has 0 radical (unpaired) electrons. The Bertz CT molecular complexity index is 643. The third-order valence-corrected chi connectivity index (χ3v) is 4.13. The summed E-state index contributed by atoms with van der Waals surface area (Å²) >= 11 is 0. The van der Waals surface area contributed by atoms with Crippen LogP contribution in [0.15, 0.2) is 28.8 Å². The Balaban J connectivity index is 1.58. The summed E-state index contributed by atoms with van der Waals surface area (Å²) < 4.78 is 5.30. The van der Waals surface area contributed by atoms with Crippen molar-refractivity contribution in [2.75, 3.05) is 6.54 Å². The van der Waals surface area contributed by atoms with E-state index in [1.54, 1.807) is 0 Å². The van der Waals surface area contributed by atoms with E-state index in [1.807, 2.05) is 11.8 Å². The van der Waals surface area contributed by atoms with Crippen molar-refractivity contribution in [2.45, 2.75) is 39.7 Å². The number of hydrogen-bond donors (Lipinski definition) is 0. The average Bonchev–Trinajstić information content (AvgIpc) is 2.87. The van der Waals surface area contributed by atoms with E-state index in [1.165, 1.54) is 16.7 Å². The Hall–Kier alpha value is -2.10. The molecule has 4 heteroatoms. The second kappa shape index (κ2) is 5.72. The number of hydrogen-bond acceptors (Lipinski definition) is 3. The van der Waals surface area contributed by atoms with Crippen molar-refractivity contribution in [1.82, 2.24) is 10.1 Å². The highest BCUT2D eigenvalue weighted by Gasteiger charge is 2.25. The van der Waals surface area contributed by atoms with Crippen LogP contribution in [0, 0.1) is 13.8 Å². The highest BCUT2D eigenvalue weighted by molar-refractivity contribution is 5.76. The van der Waals surface area contributed by atoms with Gasteiger partial charge in [0.2, 0.25) is 5.91 Å². The minimum atomic E-state index is 0.190. The smallest absolute Gasteiger partial charge is 0.223 e. The van der Waals surface area contributed by atoms with E-state index in [0.29, 0.717) is 13.0 Å². The van der Waals surface area contributed by atoms with Gasteiger partial charge in [0.05, 0.1) is 12.2 Å². The number of benzene rings is 1. The van der Waals surface area contributed by atoms with Crippen LogP contribution in [0.25, 0.3) is 0 Å². The summed E-state index contributed by atoms with van der Waals surface area (Å²) in [6.45, 7) is 5.35. The van der Waals surface area contributed by atoms with E-state index in [9.17, 15) is 4.79 Å². The van der Waals surface area contributed by atoms with Gasteiger partial charge in [0.1, 0.15) is 0 Å². The molecule has 0 atom stereocenters. The Labute approximate surface area is 124 Å². The fourth-order valence-corrected chi connectivity index (χ4v) is 2.76. The summed E-state index contributed by atoms with van der Waals surface area (Å²) in [4.78, 5) is 14.2. The lowest BCUT2D eigenvalue weighted by atomic mass is 10.0. The molecule has 1 aliphatic rings. The number of nitrogens with zero attached hydrogens (tertiary/aromatic N) is 2. The van der Waals surface area contributed by atoms with Crippen molar-refractivity contribution in [3.8, 4) is 0 Å². The standard InChI is InChI=1S/C17H20N2O2/c1-12-3-5-14(6-4-12)7-8-17(20)19-10-9-15-13(2)18-21-16(15)11-19/h3-6H,7-11H2,1-2H3. The van der Waals surface area contributed by atoms with Gasteiger partial charge in [0, 0.05) is 18.5 Å². The minimum absolute atomic E-state index is 0.190.